The Kier molecular flexibility index (Phi) is 11.0. The first-order chi connectivity index (χ1) is 22.9. The minimum Gasteiger partial charge on any atom is -0.465 e. The zero-order chi connectivity index (χ0) is 33.0. The number of esters is 1. The van der Waals surface area contributed by atoms with Crippen molar-refractivity contribution < 1.29 is 23.9 Å². The van der Waals surface area contributed by atoms with Crippen LogP contribution in [0.25, 0.3) is 6.08 Å². The van der Waals surface area contributed by atoms with Crippen LogP contribution >= 0.6 is 11.8 Å². The maximum Gasteiger partial charge on any atom is 0.339 e. The predicted octanol–water partition coefficient (Wildman–Crippen LogP) is 7.35. The van der Waals surface area contributed by atoms with Crippen molar-refractivity contribution in [1.29, 1.82) is 0 Å². The molecule has 9 heteroatoms. The van der Waals surface area contributed by atoms with Gasteiger partial charge in [-0.25, -0.2) is 4.79 Å². The molecule has 0 heterocycles. The zero-order valence-electron chi connectivity index (χ0n) is 25.4. The number of benzene rings is 5. The molecule has 5 aromatic carbocycles. The Morgan fingerprint density at radius 2 is 1.28 bits per heavy atom. The highest BCUT2D eigenvalue weighted by Gasteiger charge is 2.24. The molecule has 1 unspecified atom stereocenters. The Bertz CT molecular complexity index is 1880. The summed E-state index contributed by atoms with van der Waals surface area (Å²) in [6, 6.07) is 40.9. The van der Waals surface area contributed by atoms with Crippen LogP contribution in [0.3, 0.4) is 0 Å². The van der Waals surface area contributed by atoms with Gasteiger partial charge in [-0.3, -0.25) is 14.4 Å². The summed E-state index contributed by atoms with van der Waals surface area (Å²) in [5, 5.41) is 7.82. The summed E-state index contributed by atoms with van der Waals surface area (Å²) >= 11 is 1.32. The van der Waals surface area contributed by atoms with Crippen LogP contribution in [-0.4, -0.2) is 30.8 Å². The number of para-hydroxylation sites is 1. The van der Waals surface area contributed by atoms with E-state index in [0.717, 1.165) is 16.0 Å². The molecule has 1 atom stereocenters. The number of hydrogen-bond donors (Lipinski definition) is 3. The number of ether oxygens (including phenoxy) is 1. The number of rotatable bonds is 11. The van der Waals surface area contributed by atoms with Crippen LogP contribution in [0.5, 0.6) is 0 Å². The molecule has 8 nitrogen and oxygen atoms in total. The van der Waals surface area contributed by atoms with E-state index in [1.807, 2.05) is 66.7 Å². The van der Waals surface area contributed by atoms with Crippen molar-refractivity contribution in [3.8, 4) is 0 Å². The summed E-state index contributed by atoms with van der Waals surface area (Å²) in [6.45, 7) is 0. The molecular formula is C38H31N3O5S. The predicted molar refractivity (Wildman–Crippen MR) is 185 cm³/mol. The molecule has 47 heavy (non-hydrogen) atoms. The summed E-state index contributed by atoms with van der Waals surface area (Å²) in [5.41, 5.74) is 3.12. The topological polar surface area (TPSA) is 114 Å². The SMILES string of the molecule is COC(=O)c1ccccc1NC(=O)C(Sc1ccc(NC(=O)/C(=C/c2ccccc2)NC(=O)c2ccccc2)cc1)c1ccccc1. The summed E-state index contributed by atoms with van der Waals surface area (Å²) in [4.78, 5) is 53.0. The van der Waals surface area contributed by atoms with Crippen molar-refractivity contribution in [2.45, 2.75) is 10.1 Å². The molecule has 5 rings (SSSR count). The van der Waals surface area contributed by atoms with Crippen LogP contribution in [0.4, 0.5) is 11.4 Å². The lowest BCUT2D eigenvalue weighted by Crippen LogP contribution is -2.30. The second-order valence-electron chi connectivity index (χ2n) is 10.2. The number of methoxy groups -OCH3 is 1. The molecule has 0 saturated carbocycles. The Labute approximate surface area is 276 Å². The normalized spacial score (nSPS) is 11.6. The quantitative estimate of drug-likeness (QED) is 0.0790. The van der Waals surface area contributed by atoms with Gasteiger partial charge in [0, 0.05) is 16.1 Å². The van der Waals surface area contributed by atoms with Gasteiger partial charge in [-0.05, 0) is 65.7 Å². The van der Waals surface area contributed by atoms with Crippen LogP contribution in [0.1, 0.15) is 37.1 Å². The molecule has 0 bridgehead atoms. The Morgan fingerprint density at radius 3 is 1.94 bits per heavy atom. The third kappa shape index (κ3) is 8.84. The zero-order valence-corrected chi connectivity index (χ0v) is 26.2. The summed E-state index contributed by atoms with van der Waals surface area (Å²) < 4.78 is 4.87. The fourth-order valence-corrected chi connectivity index (χ4v) is 5.61. The molecule has 0 fully saturated rings. The van der Waals surface area contributed by atoms with E-state index in [4.69, 9.17) is 4.74 Å². The van der Waals surface area contributed by atoms with E-state index in [1.165, 1.54) is 18.9 Å². The average Bonchev–Trinajstić information content (AvgIpc) is 3.12. The van der Waals surface area contributed by atoms with Crippen LogP contribution in [-0.2, 0) is 14.3 Å². The molecular weight excluding hydrogens is 611 g/mol. The van der Waals surface area contributed by atoms with Gasteiger partial charge in [0.15, 0.2) is 0 Å². The molecule has 0 radical (unpaired) electrons. The fourth-order valence-electron chi connectivity index (χ4n) is 4.59. The van der Waals surface area contributed by atoms with E-state index in [2.05, 4.69) is 16.0 Å². The lowest BCUT2D eigenvalue weighted by molar-refractivity contribution is -0.116. The highest BCUT2D eigenvalue weighted by Crippen LogP contribution is 2.37. The van der Waals surface area contributed by atoms with E-state index in [0.29, 0.717) is 16.9 Å². The summed E-state index contributed by atoms with van der Waals surface area (Å²) in [5.74, 6) is -1.78. The second-order valence-corrected chi connectivity index (χ2v) is 11.4. The first-order valence-corrected chi connectivity index (χ1v) is 15.5. The van der Waals surface area contributed by atoms with Crippen LogP contribution in [0.15, 0.2) is 150 Å². The number of carbonyl (C=O) groups excluding carboxylic acids is 4. The molecule has 3 amide bonds. The Morgan fingerprint density at radius 1 is 0.681 bits per heavy atom. The van der Waals surface area contributed by atoms with E-state index >= 15 is 0 Å². The van der Waals surface area contributed by atoms with Gasteiger partial charge in [-0.1, -0.05) is 91.0 Å². The Hall–Kier alpha value is -5.93. The standard InChI is InChI=1S/C38H31N3O5S/c1-46-38(45)31-19-11-12-20-32(31)40-37(44)34(27-15-7-3-8-16-27)47-30-23-21-29(22-24-30)39-36(43)33(25-26-13-5-2-6-14-26)41-35(42)28-17-9-4-10-18-28/h2-25,34H,1H3,(H,39,43)(H,40,44)(H,41,42)/b33-25-. The van der Waals surface area contributed by atoms with E-state index in [-0.39, 0.29) is 17.2 Å². The van der Waals surface area contributed by atoms with E-state index in [9.17, 15) is 19.2 Å². The van der Waals surface area contributed by atoms with Gasteiger partial charge < -0.3 is 20.7 Å². The van der Waals surface area contributed by atoms with Crippen LogP contribution in [0.2, 0.25) is 0 Å². The number of thioether (sulfide) groups is 1. The van der Waals surface area contributed by atoms with Crippen molar-refractivity contribution in [1.82, 2.24) is 5.32 Å². The van der Waals surface area contributed by atoms with Gasteiger partial charge >= 0.3 is 5.97 Å². The Balaban J connectivity index is 1.33. The summed E-state index contributed by atoms with van der Waals surface area (Å²) in [7, 11) is 1.29. The van der Waals surface area contributed by atoms with E-state index < -0.39 is 23.0 Å². The van der Waals surface area contributed by atoms with Gasteiger partial charge in [0.1, 0.15) is 10.9 Å². The van der Waals surface area contributed by atoms with Gasteiger partial charge in [-0.2, -0.15) is 0 Å². The third-order valence-electron chi connectivity index (χ3n) is 6.94. The first kappa shape index (κ1) is 32.5. The molecule has 0 aliphatic carbocycles. The molecule has 3 N–H and O–H groups in total. The number of nitrogens with one attached hydrogen (secondary N) is 3. The molecule has 0 aromatic heterocycles. The van der Waals surface area contributed by atoms with Crippen LogP contribution < -0.4 is 16.0 Å². The number of hydrogen-bond acceptors (Lipinski definition) is 6. The third-order valence-corrected chi connectivity index (χ3v) is 8.20. The maximum atomic E-state index is 13.6. The number of carbonyl (C=O) groups is 4. The van der Waals surface area contributed by atoms with Crippen molar-refractivity contribution in [2.24, 2.45) is 0 Å². The van der Waals surface area contributed by atoms with Gasteiger partial charge in [0.2, 0.25) is 5.91 Å². The van der Waals surface area contributed by atoms with Crippen LogP contribution in [0, 0.1) is 0 Å². The average molecular weight is 642 g/mol. The number of amides is 3. The van der Waals surface area contributed by atoms with Crippen molar-refractivity contribution in [2.75, 3.05) is 17.7 Å². The van der Waals surface area contributed by atoms with Crippen molar-refractivity contribution in [3.63, 3.8) is 0 Å². The van der Waals surface area contributed by atoms with E-state index in [1.54, 1.807) is 78.9 Å². The highest BCUT2D eigenvalue weighted by atomic mass is 32.2. The molecule has 234 valence electrons. The minimum atomic E-state index is -0.657. The molecule has 0 aliphatic rings. The smallest absolute Gasteiger partial charge is 0.339 e. The molecule has 0 spiro atoms. The van der Waals surface area contributed by atoms with Crippen molar-refractivity contribution in [3.05, 3.63) is 167 Å². The largest absolute Gasteiger partial charge is 0.465 e. The van der Waals surface area contributed by atoms with Gasteiger partial charge in [0.25, 0.3) is 11.8 Å². The first-order valence-electron chi connectivity index (χ1n) is 14.7. The number of anilines is 2. The fraction of sp³-hybridized carbons (Fsp3) is 0.0526. The summed E-state index contributed by atoms with van der Waals surface area (Å²) in [6.07, 6.45) is 1.61. The molecule has 5 aromatic rings. The maximum absolute atomic E-state index is 13.6. The van der Waals surface area contributed by atoms with Gasteiger partial charge in [-0.15, -0.1) is 11.8 Å². The van der Waals surface area contributed by atoms with Gasteiger partial charge in [0.05, 0.1) is 18.4 Å². The monoisotopic (exact) mass is 641 g/mol. The lowest BCUT2D eigenvalue weighted by atomic mass is 10.1. The minimum absolute atomic E-state index is 0.0801. The lowest BCUT2D eigenvalue weighted by Gasteiger charge is -2.18. The highest BCUT2D eigenvalue weighted by molar-refractivity contribution is 8.00. The molecule has 0 aliphatic heterocycles. The molecule has 0 saturated heterocycles. The van der Waals surface area contributed by atoms with Crippen molar-refractivity contribution >= 4 is 52.9 Å². The second kappa shape index (κ2) is 15.9.